The van der Waals surface area contributed by atoms with Gasteiger partial charge in [-0.2, -0.15) is 0 Å². The van der Waals surface area contributed by atoms with E-state index in [4.69, 9.17) is 9.72 Å². The van der Waals surface area contributed by atoms with E-state index in [2.05, 4.69) is 17.1 Å². The van der Waals surface area contributed by atoms with Crippen molar-refractivity contribution >= 4 is 32.6 Å². The third-order valence-electron chi connectivity index (χ3n) is 5.35. The first-order valence-corrected chi connectivity index (χ1v) is 10.1. The van der Waals surface area contributed by atoms with Gasteiger partial charge in [-0.25, -0.2) is 4.98 Å². The fourth-order valence-electron chi connectivity index (χ4n) is 3.73. The molecule has 2 aromatic rings. The number of rotatable bonds is 3. The molecule has 1 amide bonds. The molecule has 1 N–H and O–H groups in total. The molecule has 25 heavy (non-hydrogen) atoms. The van der Waals surface area contributed by atoms with Crippen molar-refractivity contribution in [3.8, 4) is 0 Å². The van der Waals surface area contributed by atoms with Crippen molar-refractivity contribution in [2.24, 2.45) is 5.92 Å². The van der Waals surface area contributed by atoms with Crippen LogP contribution in [0, 0.1) is 5.92 Å². The second-order valence-electron chi connectivity index (χ2n) is 7.12. The lowest BCUT2D eigenvalue weighted by atomic mass is 9.86. The highest BCUT2D eigenvalue weighted by molar-refractivity contribution is 7.22. The number of amides is 1. The number of aromatic nitrogens is 1. The van der Waals surface area contributed by atoms with E-state index >= 15 is 0 Å². The maximum Gasteiger partial charge on any atom is 0.251 e. The molecular formula is C19H25N3O2S. The van der Waals surface area contributed by atoms with Crippen molar-refractivity contribution < 1.29 is 9.53 Å². The molecule has 1 aromatic heterocycles. The molecule has 0 unspecified atom stereocenters. The monoisotopic (exact) mass is 359 g/mol. The first kappa shape index (κ1) is 16.8. The van der Waals surface area contributed by atoms with E-state index in [-0.39, 0.29) is 5.91 Å². The Morgan fingerprint density at radius 2 is 2.08 bits per heavy atom. The second kappa shape index (κ2) is 7.30. The molecule has 2 heterocycles. The molecule has 1 saturated heterocycles. The van der Waals surface area contributed by atoms with Crippen LogP contribution >= 0.6 is 11.3 Å². The Balaban J connectivity index is 1.51. The maximum absolute atomic E-state index is 12.7. The molecule has 6 heteroatoms. The smallest absolute Gasteiger partial charge is 0.251 e. The third kappa shape index (κ3) is 3.65. The number of ether oxygens (including phenoxy) is 1. The summed E-state index contributed by atoms with van der Waals surface area (Å²) in [5.74, 6) is 0.611. The number of nitrogens with zero attached hydrogens (tertiary/aromatic N) is 2. The molecule has 0 bridgehead atoms. The van der Waals surface area contributed by atoms with Crippen LogP contribution in [0.5, 0.6) is 0 Å². The lowest BCUT2D eigenvalue weighted by Crippen LogP contribution is -2.41. The molecule has 0 radical (unpaired) electrons. The topological polar surface area (TPSA) is 54.5 Å². The summed E-state index contributed by atoms with van der Waals surface area (Å²) in [5.41, 5.74) is 1.71. The first-order chi connectivity index (χ1) is 12.2. The Kier molecular flexibility index (Phi) is 4.90. The number of carbonyl (C=O) groups is 1. The van der Waals surface area contributed by atoms with Gasteiger partial charge in [-0.3, -0.25) is 4.79 Å². The van der Waals surface area contributed by atoms with Gasteiger partial charge >= 0.3 is 0 Å². The highest BCUT2D eigenvalue weighted by Crippen LogP contribution is 2.30. The zero-order chi connectivity index (χ0) is 17.2. The lowest BCUT2D eigenvalue weighted by molar-refractivity contribution is 0.0910. The van der Waals surface area contributed by atoms with Gasteiger partial charge in [0.25, 0.3) is 5.91 Å². The van der Waals surface area contributed by atoms with Crippen LogP contribution in [-0.4, -0.2) is 43.2 Å². The van der Waals surface area contributed by atoms with Crippen molar-refractivity contribution in [2.45, 2.75) is 38.6 Å². The van der Waals surface area contributed by atoms with Gasteiger partial charge in [0.1, 0.15) is 0 Å². The van der Waals surface area contributed by atoms with Crippen molar-refractivity contribution in [1.29, 1.82) is 0 Å². The van der Waals surface area contributed by atoms with Gasteiger partial charge in [-0.05, 0) is 37.0 Å². The number of carbonyl (C=O) groups excluding carboxylic acids is 1. The Bertz CT molecular complexity index is 754. The first-order valence-electron chi connectivity index (χ1n) is 9.25. The van der Waals surface area contributed by atoms with E-state index in [1.807, 2.05) is 18.2 Å². The summed E-state index contributed by atoms with van der Waals surface area (Å²) >= 11 is 1.66. The van der Waals surface area contributed by atoms with E-state index in [0.29, 0.717) is 12.0 Å². The molecular weight excluding hydrogens is 334 g/mol. The number of anilines is 1. The van der Waals surface area contributed by atoms with Crippen LogP contribution in [0.4, 0.5) is 5.13 Å². The Hall–Kier alpha value is -1.66. The normalized spacial score (nSPS) is 24.4. The summed E-state index contributed by atoms with van der Waals surface area (Å²) in [6.07, 6.45) is 4.80. The van der Waals surface area contributed by atoms with Gasteiger partial charge in [-0.15, -0.1) is 0 Å². The zero-order valence-electron chi connectivity index (χ0n) is 14.7. The lowest BCUT2D eigenvalue weighted by Gasteiger charge is -2.29. The average molecular weight is 359 g/mol. The highest BCUT2D eigenvalue weighted by Gasteiger charge is 2.23. The predicted molar refractivity (Wildman–Crippen MR) is 102 cm³/mol. The van der Waals surface area contributed by atoms with Gasteiger partial charge in [0.05, 0.1) is 23.4 Å². The Labute approximate surface area is 152 Å². The van der Waals surface area contributed by atoms with Crippen molar-refractivity contribution in [3.63, 3.8) is 0 Å². The maximum atomic E-state index is 12.7. The second-order valence-corrected chi connectivity index (χ2v) is 8.13. The molecule has 134 valence electrons. The van der Waals surface area contributed by atoms with E-state index in [1.165, 1.54) is 19.3 Å². The predicted octanol–water partition coefficient (Wildman–Crippen LogP) is 3.44. The number of hydrogen-bond donors (Lipinski definition) is 1. The minimum atomic E-state index is 0.0435. The molecule has 2 fully saturated rings. The number of fused-ring (bicyclic) bond motifs is 1. The number of nitrogens with one attached hydrogen (secondary N) is 1. The number of morpholine rings is 1. The molecule has 1 aliphatic carbocycles. The molecule has 0 spiro atoms. The van der Waals surface area contributed by atoms with Gasteiger partial charge in [0.2, 0.25) is 0 Å². The Morgan fingerprint density at radius 1 is 1.28 bits per heavy atom. The molecule has 4 rings (SSSR count). The van der Waals surface area contributed by atoms with Crippen molar-refractivity contribution in [3.05, 3.63) is 23.8 Å². The summed E-state index contributed by atoms with van der Waals surface area (Å²) in [4.78, 5) is 19.6. The van der Waals surface area contributed by atoms with Gasteiger partial charge in [-0.1, -0.05) is 31.1 Å². The van der Waals surface area contributed by atoms with Crippen LogP contribution in [0.1, 0.15) is 43.0 Å². The van der Waals surface area contributed by atoms with Crippen LogP contribution < -0.4 is 10.2 Å². The molecule has 2 atom stereocenters. The molecule has 1 aliphatic heterocycles. The molecule has 1 aromatic carbocycles. The standard InChI is InChI=1S/C19H25N3O2S/c1-13-4-2-3-5-15(13)20-18(23)14-6-7-16-17(12-14)25-19(21-16)22-8-10-24-11-9-22/h6-7,12-13,15H,2-5,8-11H2,1H3,(H,20,23)/t13-,15+/m1/s1. The van der Waals surface area contributed by atoms with E-state index in [0.717, 1.165) is 53.6 Å². The van der Waals surface area contributed by atoms with Crippen molar-refractivity contribution in [2.75, 3.05) is 31.2 Å². The zero-order valence-corrected chi connectivity index (χ0v) is 15.5. The van der Waals surface area contributed by atoms with Crippen LogP contribution in [0.2, 0.25) is 0 Å². The van der Waals surface area contributed by atoms with Crippen LogP contribution in [-0.2, 0) is 4.74 Å². The SMILES string of the molecule is C[C@@H]1CCCC[C@@H]1NC(=O)c1ccc2nc(N3CCOCC3)sc2c1. The van der Waals surface area contributed by atoms with Gasteiger partial charge < -0.3 is 15.0 Å². The third-order valence-corrected chi connectivity index (χ3v) is 6.43. The van der Waals surface area contributed by atoms with Crippen LogP contribution in [0.15, 0.2) is 18.2 Å². The minimum Gasteiger partial charge on any atom is -0.378 e. The highest BCUT2D eigenvalue weighted by atomic mass is 32.1. The van der Waals surface area contributed by atoms with Crippen LogP contribution in [0.25, 0.3) is 10.2 Å². The number of thiazole rings is 1. The molecule has 5 nitrogen and oxygen atoms in total. The van der Waals surface area contributed by atoms with Crippen molar-refractivity contribution in [1.82, 2.24) is 10.3 Å². The average Bonchev–Trinajstić information content (AvgIpc) is 3.07. The molecule has 1 saturated carbocycles. The fraction of sp³-hybridized carbons (Fsp3) is 0.579. The fourth-order valence-corrected chi connectivity index (χ4v) is 4.78. The largest absolute Gasteiger partial charge is 0.378 e. The van der Waals surface area contributed by atoms with Crippen LogP contribution in [0.3, 0.4) is 0 Å². The summed E-state index contributed by atoms with van der Waals surface area (Å²) in [6, 6.07) is 6.16. The van der Waals surface area contributed by atoms with Gasteiger partial charge in [0.15, 0.2) is 5.13 Å². The Morgan fingerprint density at radius 3 is 2.88 bits per heavy atom. The molecule has 2 aliphatic rings. The summed E-state index contributed by atoms with van der Waals surface area (Å²) in [7, 11) is 0. The van der Waals surface area contributed by atoms with E-state index in [9.17, 15) is 4.79 Å². The summed E-state index contributed by atoms with van der Waals surface area (Å²) in [5, 5.41) is 4.26. The minimum absolute atomic E-state index is 0.0435. The number of benzene rings is 1. The van der Waals surface area contributed by atoms with Gasteiger partial charge in [0, 0.05) is 24.7 Å². The quantitative estimate of drug-likeness (QED) is 0.912. The van der Waals surface area contributed by atoms with E-state index < -0.39 is 0 Å². The number of hydrogen-bond acceptors (Lipinski definition) is 5. The van der Waals surface area contributed by atoms with E-state index in [1.54, 1.807) is 11.3 Å². The summed E-state index contributed by atoms with van der Waals surface area (Å²) < 4.78 is 6.48. The summed E-state index contributed by atoms with van der Waals surface area (Å²) in [6.45, 7) is 5.51.